The molecule has 116 valence electrons. The summed E-state index contributed by atoms with van der Waals surface area (Å²) in [6.07, 6.45) is 0. The lowest BCUT2D eigenvalue weighted by Gasteiger charge is -2.21. The summed E-state index contributed by atoms with van der Waals surface area (Å²) < 4.78 is 5.23. The van der Waals surface area contributed by atoms with Gasteiger partial charge in [0.25, 0.3) is 5.91 Å². The molecular weight excluding hydrogens is 290 g/mol. The Morgan fingerprint density at radius 2 is 1.78 bits per heavy atom. The summed E-state index contributed by atoms with van der Waals surface area (Å²) in [4.78, 5) is 12.2. The van der Waals surface area contributed by atoms with Gasteiger partial charge in [-0.1, -0.05) is 24.3 Å². The zero-order valence-corrected chi connectivity index (χ0v) is 12.7. The quantitative estimate of drug-likeness (QED) is 0.798. The first-order valence-corrected chi connectivity index (χ1v) is 7.54. The minimum absolute atomic E-state index is 0.0583. The fourth-order valence-corrected chi connectivity index (χ4v) is 3.06. The summed E-state index contributed by atoms with van der Waals surface area (Å²) in [6.45, 7) is 0.541. The zero-order chi connectivity index (χ0) is 15.8. The Morgan fingerprint density at radius 3 is 2.52 bits per heavy atom. The number of nitrogens with one attached hydrogen (secondary N) is 3. The SMILES string of the molecule is COc1ccc(C2Nc3ccccc3NC3=C2CNC3=O)cc1. The van der Waals surface area contributed by atoms with Crippen molar-refractivity contribution in [3.8, 4) is 5.75 Å². The summed E-state index contributed by atoms with van der Waals surface area (Å²) in [5.41, 5.74) is 4.65. The van der Waals surface area contributed by atoms with Crippen molar-refractivity contribution in [2.45, 2.75) is 6.04 Å². The second kappa shape index (κ2) is 5.35. The van der Waals surface area contributed by atoms with Gasteiger partial charge in [-0.05, 0) is 29.8 Å². The Kier molecular flexibility index (Phi) is 3.19. The number of rotatable bonds is 2. The van der Waals surface area contributed by atoms with Crippen LogP contribution in [0.15, 0.2) is 59.8 Å². The smallest absolute Gasteiger partial charge is 0.268 e. The number of amides is 1. The van der Waals surface area contributed by atoms with Gasteiger partial charge in [-0.3, -0.25) is 4.79 Å². The summed E-state index contributed by atoms with van der Waals surface area (Å²) in [5.74, 6) is 0.757. The van der Waals surface area contributed by atoms with Gasteiger partial charge in [0.15, 0.2) is 0 Å². The zero-order valence-electron chi connectivity index (χ0n) is 12.7. The van der Waals surface area contributed by atoms with E-state index >= 15 is 0 Å². The van der Waals surface area contributed by atoms with Crippen LogP contribution in [0.25, 0.3) is 0 Å². The molecule has 0 fully saturated rings. The fraction of sp³-hybridized carbons (Fsp3) is 0.167. The number of hydrogen-bond acceptors (Lipinski definition) is 4. The molecule has 23 heavy (non-hydrogen) atoms. The molecule has 4 rings (SSSR count). The molecule has 2 aliphatic heterocycles. The van der Waals surface area contributed by atoms with Crippen molar-refractivity contribution in [2.75, 3.05) is 24.3 Å². The largest absolute Gasteiger partial charge is 0.497 e. The van der Waals surface area contributed by atoms with E-state index in [0.29, 0.717) is 12.2 Å². The molecule has 0 spiro atoms. The van der Waals surface area contributed by atoms with Crippen molar-refractivity contribution in [1.82, 2.24) is 5.32 Å². The Labute approximate surface area is 134 Å². The van der Waals surface area contributed by atoms with Crippen molar-refractivity contribution >= 4 is 17.3 Å². The highest BCUT2D eigenvalue weighted by Crippen LogP contribution is 2.37. The summed E-state index contributed by atoms with van der Waals surface area (Å²) in [6, 6.07) is 15.8. The number of carbonyl (C=O) groups is 1. The van der Waals surface area contributed by atoms with Crippen molar-refractivity contribution in [1.29, 1.82) is 0 Å². The maximum atomic E-state index is 12.2. The van der Waals surface area contributed by atoms with Gasteiger partial charge < -0.3 is 20.7 Å². The molecule has 1 atom stereocenters. The third kappa shape index (κ3) is 2.30. The molecule has 1 unspecified atom stereocenters. The van der Waals surface area contributed by atoms with E-state index in [4.69, 9.17) is 4.74 Å². The van der Waals surface area contributed by atoms with Gasteiger partial charge in [0.05, 0.1) is 24.5 Å². The van der Waals surface area contributed by atoms with E-state index in [0.717, 1.165) is 28.3 Å². The van der Waals surface area contributed by atoms with Crippen molar-refractivity contribution in [3.63, 3.8) is 0 Å². The van der Waals surface area contributed by atoms with Gasteiger partial charge in [0.1, 0.15) is 11.4 Å². The average molecular weight is 307 g/mol. The molecule has 2 aromatic rings. The second-order valence-electron chi connectivity index (χ2n) is 5.60. The Bertz CT molecular complexity index is 796. The minimum Gasteiger partial charge on any atom is -0.497 e. The summed E-state index contributed by atoms with van der Waals surface area (Å²) in [7, 11) is 1.65. The van der Waals surface area contributed by atoms with Crippen LogP contribution in [0.2, 0.25) is 0 Å². The van der Waals surface area contributed by atoms with Gasteiger partial charge in [0.2, 0.25) is 0 Å². The van der Waals surface area contributed by atoms with Crippen molar-refractivity contribution in [2.24, 2.45) is 0 Å². The molecular formula is C18H17N3O2. The maximum Gasteiger partial charge on any atom is 0.268 e. The topological polar surface area (TPSA) is 62.4 Å². The number of hydrogen-bond donors (Lipinski definition) is 3. The lowest BCUT2D eigenvalue weighted by Crippen LogP contribution is -2.21. The molecule has 2 aliphatic rings. The molecule has 5 nitrogen and oxygen atoms in total. The van der Waals surface area contributed by atoms with Crippen LogP contribution in [0.5, 0.6) is 5.75 Å². The predicted octanol–water partition coefficient (Wildman–Crippen LogP) is 2.66. The van der Waals surface area contributed by atoms with Gasteiger partial charge in [0, 0.05) is 12.1 Å². The van der Waals surface area contributed by atoms with Crippen LogP contribution >= 0.6 is 0 Å². The molecule has 3 N–H and O–H groups in total. The van der Waals surface area contributed by atoms with E-state index in [1.807, 2.05) is 48.5 Å². The number of para-hydroxylation sites is 2. The molecule has 2 heterocycles. The molecule has 0 saturated carbocycles. The Morgan fingerprint density at radius 1 is 1.04 bits per heavy atom. The second-order valence-corrected chi connectivity index (χ2v) is 5.60. The summed E-state index contributed by atoms with van der Waals surface area (Å²) >= 11 is 0. The van der Waals surface area contributed by atoms with Gasteiger partial charge in [-0.25, -0.2) is 0 Å². The normalized spacial score (nSPS) is 19.0. The van der Waals surface area contributed by atoms with Crippen molar-refractivity contribution < 1.29 is 9.53 Å². The van der Waals surface area contributed by atoms with E-state index in [9.17, 15) is 4.79 Å². The first-order valence-electron chi connectivity index (χ1n) is 7.54. The molecule has 2 aromatic carbocycles. The first kappa shape index (κ1) is 13.7. The molecule has 1 amide bonds. The van der Waals surface area contributed by atoms with Crippen molar-refractivity contribution in [3.05, 3.63) is 65.4 Å². The van der Waals surface area contributed by atoms with E-state index in [1.165, 1.54) is 0 Å². The first-order chi connectivity index (χ1) is 11.3. The van der Waals surface area contributed by atoms with Crippen LogP contribution in [0.1, 0.15) is 11.6 Å². The lowest BCUT2D eigenvalue weighted by atomic mass is 9.98. The summed E-state index contributed by atoms with van der Waals surface area (Å²) in [5, 5.41) is 9.73. The number of anilines is 2. The van der Waals surface area contributed by atoms with Crippen LogP contribution in [-0.4, -0.2) is 19.6 Å². The molecule has 0 radical (unpaired) electrons. The average Bonchev–Trinajstić information content (AvgIpc) is 2.86. The lowest BCUT2D eigenvalue weighted by molar-refractivity contribution is -0.116. The minimum atomic E-state index is -0.0639. The highest BCUT2D eigenvalue weighted by Gasteiger charge is 2.32. The van der Waals surface area contributed by atoms with E-state index < -0.39 is 0 Å². The van der Waals surface area contributed by atoms with Crippen LogP contribution in [0, 0.1) is 0 Å². The molecule has 0 aromatic heterocycles. The maximum absolute atomic E-state index is 12.2. The third-order valence-corrected chi connectivity index (χ3v) is 4.27. The predicted molar refractivity (Wildman–Crippen MR) is 89.5 cm³/mol. The van der Waals surface area contributed by atoms with Gasteiger partial charge in [-0.2, -0.15) is 0 Å². The van der Waals surface area contributed by atoms with Gasteiger partial charge in [-0.15, -0.1) is 0 Å². The van der Waals surface area contributed by atoms with Crippen LogP contribution in [0.3, 0.4) is 0 Å². The van der Waals surface area contributed by atoms with E-state index in [1.54, 1.807) is 7.11 Å². The fourth-order valence-electron chi connectivity index (χ4n) is 3.06. The van der Waals surface area contributed by atoms with Gasteiger partial charge >= 0.3 is 0 Å². The highest BCUT2D eigenvalue weighted by molar-refractivity contribution is 6.01. The van der Waals surface area contributed by atoms with Crippen LogP contribution in [0.4, 0.5) is 11.4 Å². The van der Waals surface area contributed by atoms with Crippen LogP contribution in [-0.2, 0) is 4.79 Å². The highest BCUT2D eigenvalue weighted by atomic mass is 16.5. The Balaban J connectivity index is 1.81. The number of fused-ring (bicyclic) bond motifs is 1. The standard InChI is InChI=1S/C18H17N3O2/c1-23-12-8-6-11(7-9-12)16-13-10-19-18(22)17(13)21-15-5-3-2-4-14(15)20-16/h2-9,16,20-21H,10H2,1H3,(H,19,22). The number of ether oxygens (including phenoxy) is 1. The van der Waals surface area contributed by atoms with E-state index in [-0.39, 0.29) is 11.9 Å². The third-order valence-electron chi connectivity index (χ3n) is 4.27. The molecule has 0 bridgehead atoms. The number of benzene rings is 2. The van der Waals surface area contributed by atoms with Crippen LogP contribution < -0.4 is 20.7 Å². The number of methoxy groups -OCH3 is 1. The van der Waals surface area contributed by atoms with E-state index in [2.05, 4.69) is 16.0 Å². The Hall–Kier alpha value is -2.95. The molecule has 0 aliphatic carbocycles. The number of carbonyl (C=O) groups excluding carboxylic acids is 1. The molecule has 0 saturated heterocycles. The monoisotopic (exact) mass is 307 g/mol. The molecule has 5 heteroatoms.